The number of hydrogen-bond acceptors (Lipinski definition) is 4. The van der Waals surface area contributed by atoms with Gasteiger partial charge in [0.15, 0.2) is 5.69 Å². The third-order valence-electron chi connectivity index (χ3n) is 3.89. The minimum atomic E-state index is -0.225. The summed E-state index contributed by atoms with van der Waals surface area (Å²) in [6.07, 6.45) is 0.737. The van der Waals surface area contributed by atoms with Crippen LogP contribution in [0.25, 0.3) is 11.5 Å². The highest BCUT2D eigenvalue weighted by Gasteiger charge is 2.17. The van der Waals surface area contributed by atoms with Gasteiger partial charge in [-0.15, -0.1) is 0 Å². The Labute approximate surface area is 153 Å². The smallest absolute Gasteiger partial charge is 0.273 e. The SMILES string of the molecule is Cc1oc(-c2ccccc2)nc1C(=O)NCCCOCc1ccccc1. The van der Waals surface area contributed by atoms with E-state index in [0.717, 1.165) is 17.5 Å². The molecule has 5 nitrogen and oxygen atoms in total. The van der Waals surface area contributed by atoms with Crippen LogP contribution in [0.4, 0.5) is 0 Å². The lowest BCUT2D eigenvalue weighted by atomic mass is 10.2. The van der Waals surface area contributed by atoms with E-state index in [1.54, 1.807) is 6.92 Å². The summed E-state index contributed by atoms with van der Waals surface area (Å²) in [4.78, 5) is 16.6. The zero-order valence-electron chi connectivity index (χ0n) is 14.8. The van der Waals surface area contributed by atoms with Crippen LogP contribution in [0.1, 0.15) is 28.2 Å². The van der Waals surface area contributed by atoms with Crippen LogP contribution in [-0.2, 0) is 11.3 Å². The van der Waals surface area contributed by atoms with Crippen LogP contribution in [0.5, 0.6) is 0 Å². The number of carbonyl (C=O) groups excluding carboxylic acids is 1. The maximum Gasteiger partial charge on any atom is 0.273 e. The fourth-order valence-electron chi connectivity index (χ4n) is 2.54. The molecule has 1 N–H and O–H groups in total. The molecule has 0 saturated heterocycles. The molecule has 3 rings (SSSR count). The van der Waals surface area contributed by atoms with Crippen molar-refractivity contribution in [3.05, 3.63) is 77.7 Å². The fourth-order valence-corrected chi connectivity index (χ4v) is 2.54. The topological polar surface area (TPSA) is 64.4 Å². The number of benzene rings is 2. The Morgan fingerprint density at radius 1 is 1.08 bits per heavy atom. The number of aromatic nitrogens is 1. The first kappa shape index (κ1) is 17.9. The molecule has 0 bridgehead atoms. The number of aryl methyl sites for hydroxylation is 1. The molecule has 0 unspecified atom stereocenters. The van der Waals surface area contributed by atoms with Crippen LogP contribution in [0.2, 0.25) is 0 Å². The minimum absolute atomic E-state index is 0.225. The maximum absolute atomic E-state index is 12.3. The van der Waals surface area contributed by atoms with Crippen molar-refractivity contribution < 1.29 is 13.9 Å². The van der Waals surface area contributed by atoms with Gasteiger partial charge in [-0.2, -0.15) is 0 Å². The largest absolute Gasteiger partial charge is 0.441 e. The van der Waals surface area contributed by atoms with Gasteiger partial charge in [-0.3, -0.25) is 4.79 Å². The van der Waals surface area contributed by atoms with Gasteiger partial charge in [0.2, 0.25) is 5.89 Å². The second-order valence-corrected chi connectivity index (χ2v) is 5.94. The Kier molecular flexibility index (Phi) is 6.17. The second kappa shape index (κ2) is 8.97. The van der Waals surface area contributed by atoms with Crippen molar-refractivity contribution in [1.82, 2.24) is 10.3 Å². The number of oxazole rings is 1. The standard InChI is InChI=1S/C21H22N2O3/c1-16-19(23-21(26-16)18-11-6-3-7-12-18)20(24)22-13-8-14-25-15-17-9-4-2-5-10-17/h2-7,9-12H,8,13-15H2,1H3,(H,22,24). The van der Waals surface area contributed by atoms with Crippen LogP contribution in [0.3, 0.4) is 0 Å². The molecule has 5 heteroatoms. The predicted molar refractivity (Wildman–Crippen MR) is 99.7 cm³/mol. The van der Waals surface area contributed by atoms with Crippen molar-refractivity contribution in [1.29, 1.82) is 0 Å². The Morgan fingerprint density at radius 2 is 1.77 bits per heavy atom. The van der Waals surface area contributed by atoms with E-state index in [1.807, 2.05) is 60.7 Å². The molecule has 134 valence electrons. The molecule has 1 amide bonds. The molecule has 3 aromatic rings. The van der Waals surface area contributed by atoms with E-state index < -0.39 is 0 Å². The summed E-state index contributed by atoms with van der Waals surface area (Å²) in [6.45, 7) is 3.44. The van der Waals surface area contributed by atoms with Gasteiger partial charge in [0.25, 0.3) is 5.91 Å². The normalized spacial score (nSPS) is 10.7. The molecular weight excluding hydrogens is 328 g/mol. The summed E-state index contributed by atoms with van der Waals surface area (Å²) in [6, 6.07) is 19.5. The van der Waals surface area contributed by atoms with Gasteiger partial charge in [0, 0.05) is 18.7 Å². The number of nitrogens with one attached hydrogen (secondary N) is 1. The quantitative estimate of drug-likeness (QED) is 0.624. The second-order valence-electron chi connectivity index (χ2n) is 5.94. The molecule has 0 fully saturated rings. The third kappa shape index (κ3) is 4.80. The monoisotopic (exact) mass is 350 g/mol. The average Bonchev–Trinajstić information content (AvgIpc) is 3.08. The highest BCUT2D eigenvalue weighted by molar-refractivity contribution is 5.93. The first-order chi connectivity index (χ1) is 12.7. The van der Waals surface area contributed by atoms with E-state index in [-0.39, 0.29) is 5.91 Å². The van der Waals surface area contributed by atoms with Crippen LogP contribution < -0.4 is 5.32 Å². The highest BCUT2D eigenvalue weighted by Crippen LogP contribution is 2.21. The van der Waals surface area contributed by atoms with Gasteiger partial charge in [-0.1, -0.05) is 48.5 Å². The van der Waals surface area contributed by atoms with Crippen LogP contribution in [-0.4, -0.2) is 24.0 Å². The Balaban J connectivity index is 1.43. The van der Waals surface area contributed by atoms with Gasteiger partial charge in [-0.25, -0.2) is 4.98 Å². The molecule has 26 heavy (non-hydrogen) atoms. The van der Waals surface area contributed by atoms with Gasteiger partial charge in [0.1, 0.15) is 5.76 Å². The molecule has 0 radical (unpaired) electrons. The lowest BCUT2D eigenvalue weighted by Gasteiger charge is -2.05. The van der Waals surface area contributed by atoms with E-state index in [0.29, 0.717) is 37.1 Å². The van der Waals surface area contributed by atoms with Crippen molar-refractivity contribution >= 4 is 5.91 Å². The third-order valence-corrected chi connectivity index (χ3v) is 3.89. The zero-order chi connectivity index (χ0) is 18.2. The van der Waals surface area contributed by atoms with E-state index in [9.17, 15) is 4.79 Å². The van der Waals surface area contributed by atoms with Crippen LogP contribution in [0.15, 0.2) is 65.1 Å². The average molecular weight is 350 g/mol. The van der Waals surface area contributed by atoms with Crippen molar-refractivity contribution in [3.8, 4) is 11.5 Å². The molecule has 0 saturated carbocycles. The first-order valence-electron chi connectivity index (χ1n) is 8.67. The summed E-state index contributed by atoms with van der Waals surface area (Å²) < 4.78 is 11.2. The van der Waals surface area contributed by atoms with E-state index in [4.69, 9.17) is 9.15 Å². The summed E-state index contributed by atoms with van der Waals surface area (Å²) in [5.74, 6) is 0.748. The van der Waals surface area contributed by atoms with Crippen molar-refractivity contribution in [2.75, 3.05) is 13.2 Å². The lowest BCUT2D eigenvalue weighted by Crippen LogP contribution is -2.26. The molecule has 0 aliphatic heterocycles. The molecule has 0 aliphatic rings. The maximum atomic E-state index is 12.3. The molecule has 1 heterocycles. The van der Waals surface area contributed by atoms with Gasteiger partial charge < -0.3 is 14.5 Å². The van der Waals surface area contributed by atoms with Crippen LogP contribution >= 0.6 is 0 Å². The zero-order valence-corrected chi connectivity index (χ0v) is 14.8. The summed E-state index contributed by atoms with van der Waals surface area (Å²) in [5, 5.41) is 2.86. The molecular formula is C21H22N2O3. The minimum Gasteiger partial charge on any atom is -0.441 e. The summed E-state index contributed by atoms with van der Waals surface area (Å²) in [5.41, 5.74) is 2.32. The van der Waals surface area contributed by atoms with Gasteiger partial charge in [0.05, 0.1) is 6.61 Å². The van der Waals surface area contributed by atoms with E-state index in [2.05, 4.69) is 10.3 Å². The molecule has 0 aliphatic carbocycles. The van der Waals surface area contributed by atoms with Gasteiger partial charge >= 0.3 is 0 Å². The Hall–Kier alpha value is -2.92. The number of carbonyl (C=O) groups is 1. The Bertz CT molecular complexity index is 829. The lowest BCUT2D eigenvalue weighted by molar-refractivity contribution is 0.0929. The molecule has 0 spiro atoms. The Morgan fingerprint density at radius 3 is 2.50 bits per heavy atom. The molecule has 2 aromatic carbocycles. The number of ether oxygens (including phenoxy) is 1. The van der Waals surface area contributed by atoms with Crippen molar-refractivity contribution in [3.63, 3.8) is 0 Å². The number of hydrogen-bond donors (Lipinski definition) is 1. The predicted octanol–water partition coefficient (Wildman–Crippen LogP) is 3.99. The first-order valence-corrected chi connectivity index (χ1v) is 8.67. The van der Waals surface area contributed by atoms with Crippen molar-refractivity contribution in [2.45, 2.75) is 20.0 Å². The van der Waals surface area contributed by atoms with E-state index in [1.165, 1.54) is 0 Å². The van der Waals surface area contributed by atoms with Gasteiger partial charge in [-0.05, 0) is 31.0 Å². The molecule has 0 atom stereocenters. The summed E-state index contributed by atoms with van der Waals surface area (Å²) >= 11 is 0. The number of rotatable bonds is 8. The highest BCUT2D eigenvalue weighted by atomic mass is 16.5. The number of amides is 1. The number of nitrogens with zero attached hydrogens (tertiary/aromatic N) is 1. The van der Waals surface area contributed by atoms with E-state index >= 15 is 0 Å². The molecule has 1 aromatic heterocycles. The van der Waals surface area contributed by atoms with Crippen LogP contribution in [0, 0.1) is 6.92 Å². The fraction of sp³-hybridized carbons (Fsp3) is 0.238. The van der Waals surface area contributed by atoms with Crippen molar-refractivity contribution in [2.24, 2.45) is 0 Å². The summed E-state index contributed by atoms with van der Waals surface area (Å²) in [7, 11) is 0.